The van der Waals surface area contributed by atoms with E-state index in [1.807, 2.05) is 18.2 Å². The molecule has 0 aliphatic heterocycles. The fraction of sp³-hybridized carbons (Fsp3) is 0.183. The Balaban J connectivity index is 0.000000191. The minimum absolute atomic E-state index is 0. The van der Waals surface area contributed by atoms with Gasteiger partial charge in [0.15, 0.2) is 0 Å². The van der Waals surface area contributed by atoms with E-state index in [4.69, 9.17) is 14.4 Å². The molecule has 0 saturated carbocycles. The van der Waals surface area contributed by atoms with Crippen LogP contribution in [-0.4, -0.2) is 19.1 Å². The molecule has 77 heavy (non-hydrogen) atoms. The van der Waals surface area contributed by atoms with E-state index in [9.17, 15) is 0 Å². The van der Waals surface area contributed by atoms with Gasteiger partial charge in [0.25, 0.3) is 0 Å². The Hall–Kier alpha value is -7.89. The van der Waals surface area contributed by atoms with Gasteiger partial charge < -0.3 is 13.6 Å². The number of imidazole rings is 2. The first kappa shape index (κ1) is 51.2. The van der Waals surface area contributed by atoms with Crippen molar-refractivity contribution < 1.29 is 24.5 Å². The van der Waals surface area contributed by atoms with E-state index >= 15 is 0 Å². The van der Waals surface area contributed by atoms with Gasteiger partial charge in [0, 0.05) is 36.9 Å². The van der Waals surface area contributed by atoms with Crippen LogP contribution in [0.1, 0.15) is 107 Å². The summed E-state index contributed by atoms with van der Waals surface area (Å²) in [6.07, 6.45) is 0. The molecule has 0 unspecified atom stereocenters. The number of nitrogens with zero attached hydrogens (tertiary/aromatic N) is 4. The fourth-order valence-electron chi connectivity index (χ4n) is 11.4. The molecule has 0 amide bonds. The molecule has 3 aromatic heterocycles. The predicted octanol–water partition coefficient (Wildman–Crippen LogP) is 19.7. The zero-order chi connectivity index (χ0) is 52.4. The van der Waals surface area contributed by atoms with Crippen LogP contribution in [0.4, 0.5) is 0 Å². The predicted molar refractivity (Wildman–Crippen MR) is 320 cm³/mol. The zero-order valence-corrected chi connectivity index (χ0v) is 47.6. The van der Waals surface area contributed by atoms with E-state index in [0.717, 1.165) is 72.3 Å². The maximum absolute atomic E-state index is 6.91. The second kappa shape index (κ2) is 20.9. The molecule has 6 heteroatoms. The molecule has 13 rings (SSSR count). The summed E-state index contributed by atoms with van der Waals surface area (Å²) in [6, 6.07) is 73.8. The largest absolute Gasteiger partial charge is 0.501 e. The van der Waals surface area contributed by atoms with Crippen LogP contribution in [0.15, 0.2) is 192 Å². The molecule has 10 aromatic carbocycles. The molecule has 383 valence electrons. The van der Waals surface area contributed by atoms with Crippen molar-refractivity contribution in [2.45, 2.75) is 86.0 Å². The van der Waals surface area contributed by atoms with Crippen molar-refractivity contribution in [1.82, 2.24) is 19.1 Å². The molecule has 0 spiro atoms. The van der Waals surface area contributed by atoms with Crippen molar-refractivity contribution in [3.05, 3.63) is 228 Å². The SMILES string of the molecule is CC(C)c1cccc(C(C)C)c1-n1c(-c2[c-]cccc2)nc2ccccc21.Cc1c[c-]c(-c2nc3ccccc3n2-c2c(C(C)C)cc(-c3ccccc3)cc2C(C)C)c2oc3cc4c(ccc5ccccc54)cc3c12.[Ir]. The van der Waals surface area contributed by atoms with Gasteiger partial charge in [-0.2, -0.15) is 0 Å². The average Bonchev–Trinajstić information content (AvgIpc) is 4.37. The van der Waals surface area contributed by atoms with Crippen LogP contribution in [0.2, 0.25) is 0 Å². The fourth-order valence-corrected chi connectivity index (χ4v) is 11.4. The van der Waals surface area contributed by atoms with E-state index in [0.29, 0.717) is 11.8 Å². The van der Waals surface area contributed by atoms with Gasteiger partial charge in [-0.3, -0.25) is 9.97 Å². The Morgan fingerprint density at radius 3 is 1.65 bits per heavy atom. The molecule has 1 radical (unpaired) electrons. The van der Waals surface area contributed by atoms with Gasteiger partial charge in [0.2, 0.25) is 0 Å². The summed E-state index contributed by atoms with van der Waals surface area (Å²) in [4.78, 5) is 10.4. The topological polar surface area (TPSA) is 48.8 Å². The number of aromatic nitrogens is 4. The molecule has 13 aromatic rings. The molecule has 5 nitrogen and oxygen atoms in total. The minimum Gasteiger partial charge on any atom is -0.501 e. The number of rotatable bonds is 9. The first-order chi connectivity index (χ1) is 36.9. The Morgan fingerprint density at radius 2 is 1.01 bits per heavy atom. The molecular weight excluding hydrogens is 1120 g/mol. The quantitative estimate of drug-likeness (QED) is 0.107. The first-order valence-corrected chi connectivity index (χ1v) is 26.9. The number of furan rings is 1. The van der Waals surface area contributed by atoms with Crippen LogP contribution in [-0.2, 0) is 20.1 Å². The standard InChI is InChI=1S/C46H37N2O.C25H25N2.Ir/c1-27(2)36-24-33(30-13-7-6-8-14-30)25-37(28(3)4)44(36)48-41-18-12-11-17-40(41)47-46(48)35-22-19-29(5)43-39-23-32-21-20-31-15-9-10-16-34(31)38(32)26-42(39)49-45(35)43;1-17(2)20-13-10-14-21(18(3)4)24(20)27-23-16-9-8-15-22(23)26-25(27)19-11-6-5-7-12-19;/h6-21,23-28H,1-5H3;5-11,13-18H,1-4H3;/q2*-1;. The summed E-state index contributed by atoms with van der Waals surface area (Å²) >= 11 is 0. The smallest absolute Gasteiger partial charge is 0.121 e. The molecule has 0 aliphatic carbocycles. The second-order valence-electron chi connectivity index (χ2n) is 21.6. The molecule has 0 N–H and O–H groups in total. The number of aryl methyl sites for hydroxylation is 1. The molecule has 0 saturated heterocycles. The van der Waals surface area contributed by atoms with Crippen molar-refractivity contribution in [1.29, 1.82) is 0 Å². The van der Waals surface area contributed by atoms with E-state index in [2.05, 4.69) is 253 Å². The van der Waals surface area contributed by atoms with E-state index in [-0.39, 0.29) is 31.9 Å². The molecule has 3 heterocycles. The normalized spacial score (nSPS) is 11.8. The zero-order valence-electron chi connectivity index (χ0n) is 45.2. The van der Waals surface area contributed by atoms with Gasteiger partial charge in [-0.05, 0) is 127 Å². The summed E-state index contributed by atoms with van der Waals surface area (Å²) in [5.74, 6) is 3.20. The third-order valence-corrected chi connectivity index (χ3v) is 15.2. The Kier molecular flexibility index (Phi) is 13.9. The van der Waals surface area contributed by atoms with Crippen molar-refractivity contribution >= 4 is 65.6 Å². The van der Waals surface area contributed by atoms with Crippen molar-refractivity contribution in [2.75, 3.05) is 0 Å². The maximum atomic E-state index is 6.91. The van der Waals surface area contributed by atoms with Crippen molar-refractivity contribution in [2.24, 2.45) is 0 Å². The van der Waals surface area contributed by atoms with Crippen molar-refractivity contribution in [3.8, 4) is 45.3 Å². The molecular formula is C71H62IrN4O-2. The average molecular weight is 1180 g/mol. The van der Waals surface area contributed by atoms with Gasteiger partial charge in [-0.15, -0.1) is 53.6 Å². The number of fused-ring (bicyclic) bond motifs is 8. The number of hydrogen-bond acceptors (Lipinski definition) is 3. The summed E-state index contributed by atoms with van der Waals surface area (Å²) in [5.41, 5.74) is 19.1. The molecule has 0 aliphatic rings. The number of benzene rings is 10. The van der Waals surface area contributed by atoms with Crippen LogP contribution in [0, 0.1) is 19.1 Å². The molecule has 0 fully saturated rings. The van der Waals surface area contributed by atoms with Crippen LogP contribution in [0.3, 0.4) is 0 Å². The van der Waals surface area contributed by atoms with Crippen LogP contribution in [0.5, 0.6) is 0 Å². The summed E-state index contributed by atoms with van der Waals surface area (Å²) in [6.45, 7) is 20.4. The maximum Gasteiger partial charge on any atom is 0.121 e. The molecule has 0 atom stereocenters. The van der Waals surface area contributed by atoms with Gasteiger partial charge in [-0.1, -0.05) is 182 Å². The van der Waals surface area contributed by atoms with Crippen molar-refractivity contribution in [3.63, 3.8) is 0 Å². The van der Waals surface area contributed by atoms with Gasteiger partial charge in [-0.25, -0.2) is 0 Å². The van der Waals surface area contributed by atoms with Gasteiger partial charge in [0.1, 0.15) is 5.58 Å². The third kappa shape index (κ3) is 9.08. The Labute approximate surface area is 465 Å². The monoisotopic (exact) mass is 1180 g/mol. The van der Waals surface area contributed by atoms with Crippen LogP contribution in [0.25, 0.3) is 111 Å². The van der Waals surface area contributed by atoms with E-state index < -0.39 is 0 Å². The minimum atomic E-state index is 0. The Morgan fingerprint density at radius 1 is 0.455 bits per heavy atom. The summed E-state index contributed by atoms with van der Waals surface area (Å²) < 4.78 is 11.6. The third-order valence-electron chi connectivity index (χ3n) is 15.2. The van der Waals surface area contributed by atoms with Crippen LogP contribution < -0.4 is 0 Å². The van der Waals surface area contributed by atoms with Gasteiger partial charge in [0.05, 0.1) is 39.3 Å². The summed E-state index contributed by atoms with van der Waals surface area (Å²) in [5, 5.41) is 7.09. The van der Waals surface area contributed by atoms with E-state index in [1.165, 1.54) is 66.3 Å². The van der Waals surface area contributed by atoms with Gasteiger partial charge >= 0.3 is 0 Å². The van der Waals surface area contributed by atoms with Crippen LogP contribution >= 0.6 is 0 Å². The number of hydrogen-bond donors (Lipinski definition) is 0. The Bertz CT molecular complexity index is 4250. The first-order valence-electron chi connectivity index (χ1n) is 26.9. The molecule has 0 bridgehead atoms. The second-order valence-corrected chi connectivity index (χ2v) is 21.6. The van der Waals surface area contributed by atoms with E-state index in [1.54, 1.807) is 0 Å². The number of para-hydroxylation sites is 5. The summed E-state index contributed by atoms with van der Waals surface area (Å²) in [7, 11) is 0.